The second-order valence-electron chi connectivity index (χ2n) is 4.86. The Kier molecular flexibility index (Phi) is 3.32. The van der Waals surface area contributed by atoms with E-state index in [0.717, 1.165) is 24.9 Å². The second kappa shape index (κ2) is 5.28. The topological polar surface area (TPSA) is 94.7 Å². The lowest BCUT2D eigenvalue weighted by atomic mass is 9.97. The summed E-state index contributed by atoms with van der Waals surface area (Å²) >= 11 is 0. The molecule has 0 saturated carbocycles. The number of imidazole rings is 1. The third-order valence-corrected chi connectivity index (χ3v) is 3.51. The maximum atomic E-state index is 12.3. The van der Waals surface area contributed by atoms with Gasteiger partial charge in [-0.05, 0) is 12.8 Å². The lowest BCUT2D eigenvalue weighted by Gasteiger charge is -2.31. The van der Waals surface area contributed by atoms with Crippen LogP contribution in [0.2, 0.25) is 0 Å². The molecule has 7 nitrogen and oxygen atoms in total. The van der Waals surface area contributed by atoms with Gasteiger partial charge in [-0.3, -0.25) is 9.59 Å². The molecule has 7 heteroatoms. The zero-order valence-corrected chi connectivity index (χ0v) is 10.9. The van der Waals surface area contributed by atoms with E-state index in [1.165, 1.54) is 6.20 Å². The number of aromatic amines is 2. The average molecular weight is 273 g/mol. The zero-order valence-electron chi connectivity index (χ0n) is 10.9. The molecule has 2 aromatic heterocycles. The zero-order chi connectivity index (χ0) is 13.9. The smallest absolute Gasteiger partial charge is 0.273 e. The summed E-state index contributed by atoms with van der Waals surface area (Å²) in [5.74, 6) is 0.986. The van der Waals surface area contributed by atoms with Gasteiger partial charge in [0.1, 0.15) is 11.5 Å². The van der Waals surface area contributed by atoms with Crippen LogP contribution in [0.5, 0.6) is 0 Å². The molecule has 3 rings (SSSR count). The second-order valence-corrected chi connectivity index (χ2v) is 4.86. The molecule has 20 heavy (non-hydrogen) atoms. The molecule has 1 atom stereocenters. The number of nitrogens with one attached hydrogen (secondary N) is 2. The first kappa shape index (κ1) is 12.6. The van der Waals surface area contributed by atoms with Crippen molar-refractivity contribution in [1.29, 1.82) is 0 Å². The molecule has 1 aliphatic heterocycles. The highest BCUT2D eigenvalue weighted by molar-refractivity contribution is 5.92. The van der Waals surface area contributed by atoms with E-state index < -0.39 is 0 Å². The lowest BCUT2D eigenvalue weighted by molar-refractivity contribution is 0.0698. The quantitative estimate of drug-likeness (QED) is 0.833. The van der Waals surface area contributed by atoms with Crippen LogP contribution in [0, 0.1) is 0 Å². The largest absolute Gasteiger partial charge is 0.348 e. The van der Waals surface area contributed by atoms with Crippen LogP contribution in [0.4, 0.5) is 0 Å². The molecule has 0 spiro atoms. The number of rotatable bonds is 2. The van der Waals surface area contributed by atoms with Gasteiger partial charge in [-0.1, -0.05) is 0 Å². The molecule has 1 fully saturated rings. The van der Waals surface area contributed by atoms with E-state index in [2.05, 4.69) is 19.9 Å². The van der Waals surface area contributed by atoms with Crippen LogP contribution in [0.1, 0.15) is 35.1 Å². The van der Waals surface area contributed by atoms with Crippen molar-refractivity contribution in [3.8, 4) is 0 Å². The summed E-state index contributed by atoms with van der Waals surface area (Å²) in [4.78, 5) is 38.8. The van der Waals surface area contributed by atoms with Gasteiger partial charge in [-0.2, -0.15) is 0 Å². The van der Waals surface area contributed by atoms with Crippen LogP contribution in [0.25, 0.3) is 0 Å². The molecule has 0 aromatic carbocycles. The van der Waals surface area contributed by atoms with Crippen molar-refractivity contribution in [3.63, 3.8) is 0 Å². The number of carbonyl (C=O) groups is 1. The number of hydrogen-bond acceptors (Lipinski definition) is 4. The Morgan fingerprint density at radius 2 is 2.25 bits per heavy atom. The minimum Gasteiger partial charge on any atom is -0.348 e. The van der Waals surface area contributed by atoms with E-state index in [1.54, 1.807) is 17.3 Å². The number of likely N-dealkylation sites (tertiary alicyclic amines) is 1. The van der Waals surface area contributed by atoms with Gasteiger partial charge in [0.15, 0.2) is 0 Å². The highest BCUT2D eigenvalue weighted by Crippen LogP contribution is 2.24. The van der Waals surface area contributed by atoms with Crippen molar-refractivity contribution in [2.24, 2.45) is 0 Å². The Morgan fingerprint density at radius 3 is 2.95 bits per heavy atom. The summed E-state index contributed by atoms with van der Waals surface area (Å²) in [6.07, 6.45) is 7.94. The molecule has 3 heterocycles. The molecule has 0 radical (unpaired) electrons. The lowest BCUT2D eigenvalue weighted by Crippen LogP contribution is -2.40. The maximum Gasteiger partial charge on any atom is 0.273 e. The molecule has 0 bridgehead atoms. The molecular weight excluding hydrogens is 258 g/mol. The number of carbonyl (C=O) groups excluding carboxylic acids is 1. The number of amides is 1. The van der Waals surface area contributed by atoms with Crippen LogP contribution in [-0.2, 0) is 0 Å². The SMILES string of the molecule is O=C(c1c[nH]c(=O)cn1)N1CCC[C@H](c2ncc[nH]2)C1. The summed E-state index contributed by atoms with van der Waals surface area (Å²) in [5, 5.41) is 0. The Hall–Kier alpha value is -2.44. The minimum absolute atomic E-state index is 0.155. The van der Waals surface area contributed by atoms with Crippen LogP contribution in [-0.4, -0.2) is 43.8 Å². The van der Waals surface area contributed by atoms with Crippen molar-refractivity contribution >= 4 is 5.91 Å². The van der Waals surface area contributed by atoms with Crippen LogP contribution in [0.15, 0.2) is 29.6 Å². The summed E-state index contributed by atoms with van der Waals surface area (Å²) in [6.45, 7) is 1.32. The first-order valence-corrected chi connectivity index (χ1v) is 6.57. The fourth-order valence-electron chi connectivity index (χ4n) is 2.51. The van der Waals surface area contributed by atoms with E-state index in [4.69, 9.17) is 0 Å². The van der Waals surface area contributed by atoms with Crippen molar-refractivity contribution in [3.05, 3.63) is 46.7 Å². The summed E-state index contributed by atoms with van der Waals surface area (Å²) < 4.78 is 0. The van der Waals surface area contributed by atoms with E-state index >= 15 is 0 Å². The van der Waals surface area contributed by atoms with Gasteiger partial charge in [0.05, 0.1) is 6.20 Å². The predicted molar refractivity (Wildman–Crippen MR) is 71.3 cm³/mol. The number of piperidine rings is 1. The molecule has 1 aliphatic rings. The van der Waals surface area contributed by atoms with Crippen LogP contribution < -0.4 is 5.56 Å². The van der Waals surface area contributed by atoms with Crippen molar-refractivity contribution < 1.29 is 4.79 Å². The average Bonchev–Trinajstić information content (AvgIpc) is 3.02. The Bertz CT molecular complexity index is 629. The number of nitrogens with zero attached hydrogens (tertiary/aromatic N) is 3. The van der Waals surface area contributed by atoms with Gasteiger partial charge < -0.3 is 14.9 Å². The minimum atomic E-state index is -0.311. The van der Waals surface area contributed by atoms with Gasteiger partial charge in [0.2, 0.25) is 0 Å². The standard InChI is InChI=1S/C13H15N5O2/c19-11-7-16-10(6-17-11)13(20)18-5-1-2-9(8-18)12-14-3-4-15-12/h3-4,6-7,9H,1-2,5,8H2,(H,14,15)(H,17,19)/t9-/m0/s1. The molecule has 1 amide bonds. The molecule has 0 unspecified atom stereocenters. The van der Waals surface area contributed by atoms with Gasteiger partial charge >= 0.3 is 0 Å². The molecule has 0 aliphatic carbocycles. The molecule has 1 saturated heterocycles. The third kappa shape index (κ3) is 2.47. The van der Waals surface area contributed by atoms with E-state index in [-0.39, 0.29) is 23.1 Å². The monoisotopic (exact) mass is 273 g/mol. The summed E-state index contributed by atoms with van der Waals surface area (Å²) in [5.41, 5.74) is -0.0432. The Morgan fingerprint density at radius 1 is 1.35 bits per heavy atom. The van der Waals surface area contributed by atoms with E-state index in [9.17, 15) is 9.59 Å². The Labute approximate surface area is 115 Å². The highest BCUT2D eigenvalue weighted by atomic mass is 16.2. The van der Waals surface area contributed by atoms with Gasteiger partial charge in [-0.25, -0.2) is 9.97 Å². The van der Waals surface area contributed by atoms with Gasteiger partial charge in [0.25, 0.3) is 11.5 Å². The molecule has 2 aromatic rings. The number of H-pyrrole nitrogens is 2. The maximum absolute atomic E-state index is 12.3. The van der Waals surface area contributed by atoms with E-state index in [0.29, 0.717) is 13.1 Å². The fraction of sp³-hybridized carbons (Fsp3) is 0.385. The normalized spacial score (nSPS) is 19.0. The molecular formula is C13H15N5O2. The van der Waals surface area contributed by atoms with E-state index in [1.807, 2.05) is 0 Å². The van der Waals surface area contributed by atoms with Crippen molar-refractivity contribution in [2.75, 3.05) is 13.1 Å². The third-order valence-electron chi connectivity index (χ3n) is 3.51. The fourth-order valence-corrected chi connectivity index (χ4v) is 2.51. The van der Waals surface area contributed by atoms with Crippen molar-refractivity contribution in [2.45, 2.75) is 18.8 Å². The van der Waals surface area contributed by atoms with Crippen LogP contribution in [0.3, 0.4) is 0 Å². The predicted octanol–water partition coefficient (Wildman–Crippen LogP) is 0.513. The van der Waals surface area contributed by atoms with Crippen LogP contribution >= 0.6 is 0 Å². The number of hydrogen-bond donors (Lipinski definition) is 2. The Balaban J connectivity index is 1.75. The molecule has 2 N–H and O–H groups in total. The summed E-state index contributed by atoms with van der Waals surface area (Å²) in [6, 6.07) is 0. The first-order valence-electron chi connectivity index (χ1n) is 6.57. The number of aromatic nitrogens is 4. The van der Waals surface area contributed by atoms with Crippen molar-refractivity contribution in [1.82, 2.24) is 24.8 Å². The molecule has 104 valence electrons. The summed E-state index contributed by atoms with van der Waals surface area (Å²) in [7, 11) is 0. The van der Waals surface area contributed by atoms with Gasteiger partial charge in [-0.15, -0.1) is 0 Å². The highest BCUT2D eigenvalue weighted by Gasteiger charge is 2.27. The van der Waals surface area contributed by atoms with Gasteiger partial charge in [0, 0.05) is 37.6 Å². The first-order chi connectivity index (χ1) is 9.74.